The summed E-state index contributed by atoms with van der Waals surface area (Å²) in [6.45, 7) is 3.30. The maximum absolute atomic E-state index is 12.8. The van der Waals surface area contributed by atoms with Crippen LogP contribution in [0.5, 0.6) is 5.75 Å². The van der Waals surface area contributed by atoms with Crippen molar-refractivity contribution in [2.75, 3.05) is 17.7 Å². The molecule has 32 heavy (non-hydrogen) atoms. The van der Waals surface area contributed by atoms with E-state index >= 15 is 0 Å². The van der Waals surface area contributed by atoms with Crippen molar-refractivity contribution in [1.82, 2.24) is 20.2 Å². The second-order valence-electron chi connectivity index (χ2n) is 7.21. The molecule has 2 aromatic carbocycles. The van der Waals surface area contributed by atoms with Crippen LogP contribution in [0.3, 0.4) is 0 Å². The first-order chi connectivity index (χ1) is 15.3. The lowest BCUT2D eigenvalue weighted by molar-refractivity contribution is 0.416. The van der Waals surface area contributed by atoms with Gasteiger partial charge in [-0.25, -0.2) is 8.42 Å². The molecule has 0 atom stereocenters. The van der Waals surface area contributed by atoms with Gasteiger partial charge in [0.05, 0.1) is 40.2 Å². The molecule has 4 rings (SSSR count). The van der Waals surface area contributed by atoms with Gasteiger partial charge in [-0.05, 0) is 44.2 Å². The molecular formula is C21H21BrN6O3S. The fourth-order valence-corrected chi connectivity index (χ4v) is 4.62. The van der Waals surface area contributed by atoms with E-state index in [-0.39, 0.29) is 10.8 Å². The van der Waals surface area contributed by atoms with Gasteiger partial charge in [0.15, 0.2) is 15.5 Å². The van der Waals surface area contributed by atoms with Crippen LogP contribution in [0.2, 0.25) is 0 Å². The molecule has 0 aliphatic heterocycles. The van der Waals surface area contributed by atoms with Gasteiger partial charge in [-0.15, -0.1) is 0 Å². The number of rotatable bonds is 7. The minimum absolute atomic E-state index is 0.203. The van der Waals surface area contributed by atoms with Crippen molar-refractivity contribution in [3.8, 4) is 5.75 Å². The lowest BCUT2D eigenvalue weighted by atomic mass is 10.3. The molecule has 2 heterocycles. The molecule has 2 aromatic heterocycles. The number of halogens is 1. The van der Waals surface area contributed by atoms with Crippen molar-refractivity contribution in [1.29, 1.82) is 0 Å². The zero-order valence-corrected chi connectivity index (χ0v) is 20.0. The fourth-order valence-electron chi connectivity index (χ4n) is 3.07. The summed E-state index contributed by atoms with van der Waals surface area (Å²) in [5, 5.41) is 13.2. The van der Waals surface area contributed by atoms with Gasteiger partial charge in [-0.1, -0.05) is 28.1 Å². The topological polar surface area (TPSA) is 122 Å². The summed E-state index contributed by atoms with van der Waals surface area (Å²) < 4.78 is 32.0. The number of aromatic amines is 1. The monoisotopic (exact) mass is 516 g/mol. The summed E-state index contributed by atoms with van der Waals surface area (Å²) in [7, 11) is -1.93. The number of benzene rings is 2. The zero-order valence-electron chi connectivity index (χ0n) is 17.5. The van der Waals surface area contributed by atoms with Crippen molar-refractivity contribution in [2.45, 2.75) is 24.0 Å². The van der Waals surface area contributed by atoms with E-state index in [0.29, 0.717) is 34.0 Å². The highest BCUT2D eigenvalue weighted by Crippen LogP contribution is 2.33. The van der Waals surface area contributed by atoms with Gasteiger partial charge in [-0.3, -0.25) is 5.10 Å². The van der Waals surface area contributed by atoms with Crippen LogP contribution in [0.1, 0.15) is 13.8 Å². The quantitative estimate of drug-likeness (QED) is 0.320. The Morgan fingerprint density at radius 2 is 1.84 bits per heavy atom. The van der Waals surface area contributed by atoms with Gasteiger partial charge in [0.25, 0.3) is 0 Å². The van der Waals surface area contributed by atoms with Crippen LogP contribution < -0.4 is 15.4 Å². The maximum Gasteiger partial charge on any atom is 0.231 e. The molecule has 3 N–H and O–H groups in total. The Balaban J connectivity index is 1.77. The molecule has 0 bridgehead atoms. The number of aromatic nitrogens is 4. The fraction of sp³-hybridized carbons (Fsp3) is 0.190. The first-order valence-electron chi connectivity index (χ1n) is 9.71. The second-order valence-corrected chi connectivity index (χ2v) is 10.6. The smallest absolute Gasteiger partial charge is 0.231 e. The molecule has 0 spiro atoms. The molecule has 0 saturated heterocycles. The number of methoxy groups -OCH3 is 1. The van der Waals surface area contributed by atoms with Gasteiger partial charge < -0.3 is 15.4 Å². The Morgan fingerprint density at radius 1 is 1.06 bits per heavy atom. The first kappa shape index (κ1) is 22.0. The number of ether oxygens (including phenoxy) is 1. The van der Waals surface area contributed by atoms with E-state index in [4.69, 9.17) is 4.74 Å². The molecule has 0 aliphatic carbocycles. The third kappa shape index (κ3) is 4.26. The lowest BCUT2D eigenvalue weighted by Gasteiger charge is -2.15. The van der Waals surface area contributed by atoms with Crippen LogP contribution in [0.25, 0.3) is 11.0 Å². The van der Waals surface area contributed by atoms with E-state index < -0.39 is 15.1 Å². The summed E-state index contributed by atoms with van der Waals surface area (Å²) >= 11 is 3.42. The number of H-pyrrole nitrogens is 1. The molecule has 0 aliphatic rings. The number of para-hydroxylation sites is 1. The van der Waals surface area contributed by atoms with Crippen LogP contribution in [0.4, 0.5) is 23.1 Å². The standard InChI is InChI=1S/C21H21BrN6O3S/c1-12(2)32(29,30)18-7-5-4-6-16(18)24-19-14-11-23-28-20(14)27-21(26-19)25-15-9-8-13(22)10-17(15)31-3/h4-12H,1-3H3,(H3,23,24,25,26,27,28). The molecule has 0 saturated carbocycles. The molecule has 11 heteroatoms. The van der Waals surface area contributed by atoms with Crippen LogP contribution in [-0.2, 0) is 9.84 Å². The summed E-state index contributed by atoms with van der Waals surface area (Å²) in [5.74, 6) is 1.30. The minimum atomic E-state index is -3.51. The van der Waals surface area contributed by atoms with Crippen molar-refractivity contribution >= 4 is 59.9 Å². The lowest BCUT2D eigenvalue weighted by Crippen LogP contribution is -2.15. The van der Waals surface area contributed by atoms with Crippen LogP contribution in [0, 0.1) is 0 Å². The SMILES string of the molecule is COc1cc(Br)ccc1Nc1nc(Nc2ccccc2S(=O)(=O)C(C)C)c2cn[nH]c2n1. The van der Waals surface area contributed by atoms with E-state index in [1.54, 1.807) is 51.4 Å². The molecule has 9 nitrogen and oxygen atoms in total. The second kappa shape index (κ2) is 8.75. The molecule has 4 aromatic rings. The average Bonchev–Trinajstić information content (AvgIpc) is 3.24. The predicted octanol–water partition coefficient (Wildman–Crippen LogP) is 4.79. The number of sulfone groups is 1. The zero-order chi connectivity index (χ0) is 22.9. The van der Waals surface area contributed by atoms with Gasteiger partial charge in [0.2, 0.25) is 5.95 Å². The number of fused-ring (bicyclic) bond motifs is 1. The minimum Gasteiger partial charge on any atom is -0.495 e. The Bertz CT molecular complexity index is 1390. The number of nitrogens with zero attached hydrogens (tertiary/aromatic N) is 3. The van der Waals surface area contributed by atoms with Gasteiger partial charge >= 0.3 is 0 Å². The van der Waals surface area contributed by atoms with Crippen molar-refractivity contribution in [2.24, 2.45) is 0 Å². The van der Waals surface area contributed by atoms with Crippen LogP contribution in [0.15, 0.2) is 58.0 Å². The molecule has 0 radical (unpaired) electrons. The van der Waals surface area contributed by atoms with E-state index in [9.17, 15) is 8.42 Å². The Kier molecular flexibility index (Phi) is 6.02. The third-order valence-electron chi connectivity index (χ3n) is 4.79. The average molecular weight is 517 g/mol. The highest BCUT2D eigenvalue weighted by atomic mass is 79.9. The molecular weight excluding hydrogens is 496 g/mol. The Labute approximate surface area is 193 Å². The summed E-state index contributed by atoms with van der Waals surface area (Å²) in [6, 6.07) is 12.3. The summed E-state index contributed by atoms with van der Waals surface area (Å²) in [6.07, 6.45) is 1.58. The maximum atomic E-state index is 12.8. The Hall–Kier alpha value is -3.18. The largest absolute Gasteiger partial charge is 0.495 e. The van der Waals surface area contributed by atoms with Gasteiger partial charge in [0, 0.05) is 4.47 Å². The number of hydrogen-bond acceptors (Lipinski definition) is 8. The van der Waals surface area contributed by atoms with Crippen molar-refractivity contribution in [3.63, 3.8) is 0 Å². The summed E-state index contributed by atoms with van der Waals surface area (Å²) in [5.41, 5.74) is 1.59. The Morgan fingerprint density at radius 3 is 2.59 bits per heavy atom. The normalized spacial score (nSPS) is 11.7. The number of nitrogens with one attached hydrogen (secondary N) is 3. The van der Waals surface area contributed by atoms with E-state index in [2.05, 4.69) is 46.7 Å². The van der Waals surface area contributed by atoms with Crippen molar-refractivity contribution < 1.29 is 13.2 Å². The number of hydrogen-bond donors (Lipinski definition) is 3. The highest BCUT2D eigenvalue weighted by Gasteiger charge is 2.23. The van der Waals surface area contributed by atoms with Crippen LogP contribution in [-0.4, -0.2) is 40.9 Å². The van der Waals surface area contributed by atoms with E-state index in [0.717, 1.165) is 4.47 Å². The van der Waals surface area contributed by atoms with Crippen molar-refractivity contribution in [3.05, 3.63) is 53.1 Å². The molecule has 0 unspecified atom stereocenters. The van der Waals surface area contributed by atoms with E-state index in [1.165, 1.54) is 0 Å². The third-order valence-corrected chi connectivity index (χ3v) is 7.49. The molecule has 166 valence electrons. The van der Waals surface area contributed by atoms with Gasteiger partial charge in [0.1, 0.15) is 11.6 Å². The van der Waals surface area contributed by atoms with E-state index in [1.807, 2.05) is 18.2 Å². The highest BCUT2D eigenvalue weighted by molar-refractivity contribution is 9.10. The summed E-state index contributed by atoms with van der Waals surface area (Å²) in [4.78, 5) is 9.24. The van der Waals surface area contributed by atoms with Crippen LogP contribution >= 0.6 is 15.9 Å². The predicted molar refractivity (Wildman–Crippen MR) is 128 cm³/mol. The molecule has 0 fully saturated rings. The van der Waals surface area contributed by atoms with Gasteiger partial charge in [-0.2, -0.15) is 15.1 Å². The number of anilines is 4. The molecule has 0 amide bonds. The first-order valence-corrected chi connectivity index (χ1v) is 12.0.